The summed E-state index contributed by atoms with van der Waals surface area (Å²) in [6, 6.07) is 5.11. The van der Waals surface area contributed by atoms with Crippen LogP contribution in [-0.2, 0) is 9.53 Å². The van der Waals surface area contributed by atoms with Crippen molar-refractivity contribution in [2.75, 3.05) is 12.4 Å². The van der Waals surface area contributed by atoms with Crippen LogP contribution in [0.2, 0.25) is 0 Å². The van der Waals surface area contributed by atoms with Crippen molar-refractivity contribution in [2.24, 2.45) is 0 Å². The lowest BCUT2D eigenvalue weighted by Gasteiger charge is -2.02. The third kappa shape index (κ3) is 3.32. The lowest BCUT2D eigenvalue weighted by molar-refractivity contribution is -0.111. The van der Waals surface area contributed by atoms with Crippen molar-refractivity contribution >= 4 is 35.0 Å². The molecule has 0 aliphatic heterocycles. The third-order valence-electron chi connectivity index (χ3n) is 2.24. The molecule has 0 aromatic carbocycles. The van der Waals surface area contributed by atoms with Crippen LogP contribution in [0.5, 0.6) is 0 Å². The maximum atomic E-state index is 11.7. The van der Waals surface area contributed by atoms with E-state index in [2.05, 4.69) is 10.1 Å². The van der Waals surface area contributed by atoms with Gasteiger partial charge in [-0.15, -0.1) is 11.3 Å². The highest BCUT2D eigenvalue weighted by Crippen LogP contribution is 2.23. The summed E-state index contributed by atoms with van der Waals surface area (Å²) in [6.07, 6.45) is 4.39. The zero-order valence-corrected chi connectivity index (χ0v) is 10.9. The van der Waals surface area contributed by atoms with Crippen LogP contribution in [0.3, 0.4) is 0 Å². The maximum Gasteiger partial charge on any atom is 0.350 e. The quantitative estimate of drug-likeness (QED) is 0.689. The monoisotopic (exact) mass is 277 g/mol. The van der Waals surface area contributed by atoms with Crippen molar-refractivity contribution in [1.82, 2.24) is 0 Å². The molecule has 2 aromatic heterocycles. The number of hydrogen-bond acceptors (Lipinski definition) is 5. The molecule has 98 valence electrons. The van der Waals surface area contributed by atoms with Crippen LogP contribution >= 0.6 is 11.3 Å². The zero-order valence-electron chi connectivity index (χ0n) is 10.1. The van der Waals surface area contributed by atoms with E-state index in [9.17, 15) is 9.59 Å². The van der Waals surface area contributed by atoms with Gasteiger partial charge in [0.25, 0.3) is 0 Å². The fourth-order valence-electron chi connectivity index (χ4n) is 1.38. The van der Waals surface area contributed by atoms with Gasteiger partial charge in [-0.1, -0.05) is 0 Å². The van der Waals surface area contributed by atoms with Crippen LogP contribution in [0.25, 0.3) is 6.08 Å². The number of nitrogens with one attached hydrogen (secondary N) is 1. The summed E-state index contributed by atoms with van der Waals surface area (Å²) in [5.74, 6) is -0.242. The molecule has 0 unspecified atom stereocenters. The first-order valence-corrected chi connectivity index (χ1v) is 6.27. The van der Waals surface area contributed by atoms with E-state index in [0.717, 1.165) is 0 Å². The van der Waals surface area contributed by atoms with Crippen molar-refractivity contribution in [3.05, 3.63) is 46.6 Å². The molecular weight excluding hydrogens is 266 g/mol. The van der Waals surface area contributed by atoms with Gasteiger partial charge in [-0.2, -0.15) is 0 Å². The van der Waals surface area contributed by atoms with E-state index in [0.29, 0.717) is 16.3 Å². The number of methoxy groups -OCH3 is 1. The first-order valence-electron chi connectivity index (χ1n) is 5.39. The molecule has 1 N–H and O–H groups in total. The molecule has 1 amide bonds. The van der Waals surface area contributed by atoms with Crippen LogP contribution < -0.4 is 5.32 Å². The average molecular weight is 277 g/mol. The third-order valence-corrected chi connectivity index (χ3v) is 3.13. The molecule has 0 saturated carbocycles. The maximum absolute atomic E-state index is 11.7. The van der Waals surface area contributed by atoms with Gasteiger partial charge in [0, 0.05) is 6.08 Å². The fourth-order valence-corrected chi connectivity index (χ4v) is 2.14. The van der Waals surface area contributed by atoms with Crippen LogP contribution in [0.4, 0.5) is 5.69 Å². The van der Waals surface area contributed by atoms with Crippen LogP contribution in [0.15, 0.2) is 40.3 Å². The first-order chi connectivity index (χ1) is 9.20. The minimum absolute atomic E-state index is 0.347. The normalized spacial score (nSPS) is 10.6. The van der Waals surface area contributed by atoms with Crippen molar-refractivity contribution in [3.8, 4) is 0 Å². The highest BCUT2D eigenvalue weighted by Gasteiger charge is 2.14. The second kappa shape index (κ2) is 6.01. The van der Waals surface area contributed by atoms with Crippen LogP contribution in [0.1, 0.15) is 15.4 Å². The minimum atomic E-state index is -0.472. The molecule has 2 rings (SSSR count). The van der Waals surface area contributed by atoms with Gasteiger partial charge in [-0.3, -0.25) is 4.79 Å². The van der Waals surface area contributed by atoms with Crippen LogP contribution in [0, 0.1) is 0 Å². The van der Waals surface area contributed by atoms with E-state index in [1.165, 1.54) is 30.8 Å². The standard InChI is InChI=1S/C13H11NO4S/c1-17-13(16)12-10(6-8-19-12)14-11(15)5-4-9-3-2-7-18-9/h2-8H,1H3,(H,14,15). The number of hydrogen-bond donors (Lipinski definition) is 1. The van der Waals surface area contributed by atoms with Crippen molar-refractivity contribution in [1.29, 1.82) is 0 Å². The summed E-state index contributed by atoms with van der Waals surface area (Å²) in [6.45, 7) is 0. The van der Waals surface area contributed by atoms with Crippen molar-refractivity contribution in [2.45, 2.75) is 0 Å². The number of thiophene rings is 1. The second-order valence-electron chi connectivity index (χ2n) is 3.49. The molecule has 0 bridgehead atoms. The number of amides is 1. The zero-order chi connectivity index (χ0) is 13.7. The summed E-state index contributed by atoms with van der Waals surface area (Å²) in [5, 5.41) is 4.32. The molecule has 0 radical (unpaired) electrons. The number of esters is 1. The highest BCUT2D eigenvalue weighted by molar-refractivity contribution is 7.12. The summed E-state index contributed by atoms with van der Waals surface area (Å²) in [7, 11) is 1.30. The molecule has 0 aliphatic carbocycles. The van der Waals surface area contributed by atoms with Gasteiger partial charge in [0.05, 0.1) is 19.1 Å². The Kier molecular flexibility index (Phi) is 4.15. The average Bonchev–Trinajstić information content (AvgIpc) is 3.06. The summed E-state index contributed by atoms with van der Waals surface area (Å²) >= 11 is 1.21. The van der Waals surface area contributed by atoms with Crippen LogP contribution in [-0.4, -0.2) is 19.0 Å². The smallest absolute Gasteiger partial charge is 0.350 e. The number of carbonyl (C=O) groups is 2. The Morgan fingerprint density at radius 1 is 1.42 bits per heavy atom. The second-order valence-corrected chi connectivity index (χ2v) is 4.41. The summed E-state index contributed by atoms with van der Waals surface area (Å²) in [5.41, 5.74) is 0.436. The summed E-state index contributed by atoms with van der Waals surface area (Å²) in [4.78, 5) is 23.5. The Morgan fingerprint density at radius 3 is 2.95 bits per heavy atom. The number of furan rings is 1. The Morgan fingerprint density at radius 2 is 2.26 bits per heavy atom. The largest absolute Gasteiger partial charge is 0.465 e. The highest BCUT2D eigenvalue weighted by atomic mass is 32.1. The molecule has 0 spiro atoms. The van der Waals surface area contributed by atoms with Crippen molar-refractivity contribution in [3.63, 3.8) is 0 Å². The lowest BCUT2D eigenvalue weighted by atomic mass is 10.3. The molecule has 0 saturated heterocycles. The van der Waals surface area contributed by atoms with Gasteiger partial charge in [0.2, 0.25) is 5.91 Å². The number of ether oxygens (including phenoxy) is 1. The van der Waals surface area contributed by atoms with E-state index in [1.54, 1.807) is 29.7 Å². The minimum Gasteiger partial charge on any atom is -0.465 e. The number of rotatable bonds is 4. The predicted octanol–water partition coefficient (Wildman–Crippen LogP) is 2.78. The van der Waals surface area contributed by atoms with E-state index < -0.39 is 5.97 Å². The predicted molar refractivity (Wildman–Crippen MR) is 72.0 cm³/mol. The van der Waals surface area contributed by atoms with Gasteiger partial charge in [-0.25, -0.2) is 4.79 Å². The number of anilines is 1. The van der Waals surface area contributed by atoms with E-state index in [-0.39, 0.29) is 5.91 Å². The van der Waals surface area contributed by atoms with Gasteiger partial charge in [0.15, 0.2) is 0 Å². The van der Waals surface area contributed by atoms with Gasteiger partial charge >= 0.3 is 5.97 Å². The Hall–Kier alpha value is -2.34. The SMILES string of the molecule is COC(=O)c1sccc1NC(=O)C=Cc1ccco1. The van der Waals surface area contributed by atoms with Crippen molar-refractivity contribution < 1.29 is 18.7 Å². The topological polar surface area (TPSA) is 68.5 Å². The van der Waals surface area contributed by atoms with Gasteiger partial charge in [-0.05, 0) is 29.7 Å². The molecule has 5 nitrogen and oxygen atoms in total. The Balaban J connectivity index is 2.03. The lowest BCUT2D eigenvalue weighted by Crippen LogP contribution is -2.10. The summed E-state index contributed by atoms with van der Waals surface area (Å²) < 4.78 is 9.68. The Bertz CT molecular complexity index is 598. The molecule has 0 fully saturated rings. The first kappa shape index (κ1) is 13.1. The molecular formula is C13H11NO4S. The van der Waals surface area contributed by atoms with Gasteiger partial charge in [0.1, 0.15) is 10.6 Å². The molecule has 2 aromatic rings. The fraction of sp³-hybridized carbons (Fsp3) is 0.0769. The van der Waals surface area contributed by atoms with E-state index >= 15 is 0 Å². The van der Waals surface area contributed by atoms with E-state index in [1.807, 2.05) is 0 Å². The Labute approximate surface area is 113 Å². The molecule has 0 aliphatic rings. The van der Waals surface area contributed by atoms with E-state index in [4.69, 9.17) is 4.42 Å². The molecule has 0 atom stereocenters. The molecule has 2 heterocycles. The number of carbonyl (C=O) groups excluding carboxylic acids is 2. The molecule has 19 heavy (non-hydrogen) atoms. The van der Waals surface area contributed by atoms with Gasteiger partial charge < -0.3 is 14.5 Å². The molecule has 6 heteroatoms.